The molecule has 0 aromatic heterocycles. The maximum atomic E-state index is 11.6. The van der Waals surface area contributed by atoms with E-state index < -0.39 is 0 Å². The molecule has 160 valence electrons. The molecule has 5 heteroatoms. The van der Waals surface area contributed by atoms with Crippen LogP contribution < -0.4 is 0 Å². The van der Waals surface area contributed by atoms with Crippen molar-refractivity contribution in [3.8, 4) is 0 Å². The van der Waals surface area contributed by atoms with Crippen molar-refractivity contribution in [3.05, 3.63) is 0 Å². The van der Waals surface area contributed by atoms with Crippen LogP contribution in [0.5, 0.6) is 0 Å². The van der Waals surface area contributed by atoms with E-state index in [-0.39, 0.29) is 11.9 Å². The van der Waals surface area contributed by atoms with E-state index in [1.165, 1.54) is 51.4 Å². The van der Waals surface area contributed by atoms with Crippen LogP contribution in [0.15, 0.2) is 0 Å². The predicted molar refractivity (Wildman–Crippen MR) is 112 cm³/mol. The summed E-state index contributed by atoms with van der Waals surface area (Å²) in [5, 5.41) is 0. The Labute approximate surface area is 171 Å². The van der Waals surface area contributed by atoms with E-state index in [0.29, 0.717) is 32.5 Å². The molecule has 0 amide bonds. The Morgan fingerprint density at radius 3 is 1.44 bits per heavy atom. The highest BCUT2D eigenvalue weighted by Crippen LogP contribution is 2.08. The van der Waals surface area contributed by atoms with Crippen molar-refractivity contribution in [2.75, 3.05) is 19.1 Å². The molecule has 0 saturated heterocycles. The summed E-state index contributed by atoms with van der Waals surface area (Å²) in [5.74, 6) is 0.326. The van der Waals surface area contributed by atoms with Gasteiger partial charge in [0.15, 0.2) is 0 Å². The molecule has 0 bridgehead atoms. The van der Waals surface area contributed by atoms with E-state index >= 15 is 0 Å². The molecule has 27 heavy (non-hydrogen) atoms. The zero-order valence-corrected chi connectivity index (χ0v) is 18.2. The maximum absolute atomic E-state index is 11.6. The quantitative estimate of drug-likeness (QED) is 0.131. The van der Waals surface area contributed by atoms with E-state index in [2.05, 4.69) is 6.92 Å². The number of rotatable bonds is 20. The Morgan fingerprint density at radius 2 is 1.00 bits per heavy atom. The molecule has 0 N–H and O–H groups in total. The Balaban J connectivity index is 3.31. The predicted octanol–water partition coefficient (Wildman–Crippen LogP) is 6.57. The van der Waals surface area contributed by atoms with Gasteiger partial charge < -0.3 is 9.47 Å². The summed E-state index contributed by atoms with van der Waals surface area (Å²) >= 11 is 5.63. The zero-order valence-electron chi connectivity index (χ0n) is 17.4. The molecule has 0 saturated carbocycles. The Morgan fingerprint density at radius 1 is 0.593 bits per heavy atom. The molecule has 0 aromatic rings. The molecule has 0 unspecified atom stereocenters. The first-order valence-corrected chi connectivity index (χ1v) is 11.6. The summed E-state index contributed by atoms with van der Waals surface area (Å²) in [6, 6.07) is 0. The number of carbonyl (C=O) groups excluding carboxylic acids is 2. The van der Waals surface area contributed by atoms with Gasteiger partial charge in [-0.3, -0.25) is 9.59 Å². The lowest BCUT2D eigenvalue weighted by Gasteiger charge is -2.06. The summed E-state index contributed by atoms with van der Waals surface area (Å²) in [6.45, 7) is 3.20. The van der Waals surface area contributed by atoms with E-state index in [1.807, 2.05) is 0 Å². The number of hydrogen-bond acceptors (Lipinski definition) is 4. The second-order valence-electron chi connectivity index (χ2n) is 7.23. The van der Waals surface area contributed by atoms with Gasteiger partial charge in [0, 0.05) is 18.7 Å². The van der Waals surface area contributed by atoms with Crippen LogP contribution in [0.25, 0.3) is 0 Å². The van der Waals surface area contributed by atoms with Crippen LogP contribution in [0.2, 0.25) is 0 Å². The van der Waals surface area contributed by atoms with Crippen LogP contribution in [0.3, 0.4) is 0 Å². The highest BCUT2D eigenvalue weighted by molar-refractivity contribution is 6.17. The first-order chi connectivity index (χ1) is 13.2. The molecular formula is C22H41ClO4. The van der Waals surface area contributed by atoms with Crippen LogP contribution in [0.4, 0.5) is 0 Å². The number of unbranched alkanes of at least 4 members (excludes halogenated alkanes) is 11. The van der Waals surface area contributed by atoms with Crippen molar-refractivity contribution >= 4 is 23.5 Å². The molecule has 0 rings (SSSR count). The van der Waals surface area contributed by atoms with Crippen molar-refractivity contribution in [1.29, 1.82) is 0 Å². The summed E-state index contributed by atoms with van der Waals surface area (Å²) in [5.41, 5.74) is 0. The monoisotopic (exact) mass is 404 g/mol. The number of esters is 2. The molecular weight excluding hydrogens is 364 g/mol. The van der Waals surface area contributed by atoms with Gasteiger partial charge in [-0.25, -0.2) is 0 Å². The summed E-state index contributed by atoms with van der Waals surface area (Å²) in [6.07, 6.45) is 16.1. The Bertz CT molecular complexity index is 315. The van der Waals surface area contributed by atoms with E-state index in [9.17, 15) is 9.59 Å². The van der Waals surface area contributed by atoms with Crippen LogP contribution in [0.1, 0.15) is 110 Å². The standard InChI is InChI=1S/C22H41ClO4/c1-2-3-4-5-7-10-13-19-26-21(24)16-15-17-22(25)27-20-14-11-8-6-9-12-18-23/h2-20H2,1H3. The Kier molecular flexibility index (Phi) is 20.9. The topological polar surface area (TPSA) is 52.6 Å². The van der Waals surface area contributed by atoms with Gasteiger partial charge in [-0.15, -0.1) is 11.6 Å². The lowest BCUT2D eigenvalue weighted by atomic mass is 10.1. The molecule has 4 nitrogen and oxygen atoms in total. The molecule has 0 spiro atoms. The zero-order chi connectivity index (χ0) is 20.0. The minimum absolute atomic E-state index is 0.203. The number of ether oxygens (including phenoxy) is 2. The van der Waals surface area contributed by atoms with Gasteiger partial charge in [0.1, 0.15) is 0 Å². The van der Waals surface area contributed by atoms with Gasteiger partial charge in [-0.05, 0) is 25.7 Å². The van der Waals surface area contributed by atoms with E-state index in [1.54, 1.807) is 0 Å². The van der Waals surface area contributed by atoms with Crippen molar-refractivity contribution in [1.82, 2.24) is 0 Å². The lowest BCUT2D eigenvalue weighted by Crippen LogP contribution is -2.09. The van der Waals surface area contributed by atoms with E-state index in [4.69, 9.17) is 21.1 Å². The maximum Gasteiger partial charge on any atom is 0.305 e. The molecule has 0 radical (unpaired) electrons. The van der Waals surface area contributed by atoms with Crippen LogP contribution in [-0.4, -0.2) is 31.0 Å². The number of carbonyl (C=O) groups is 2. The first-order valence-electron chi connectivity index (χ1n) is 11.1. The molecule has 0 fully saturated rings. The van der Waals surface area contributed by atoms with Crippen molar-refractivity contribution in [2.45, 2.75) is 110 Å². The van der Waals surface area contributed by atoms with Gasteiger partial charge in [-0.1, -0.05) is 71.1 Å². The van der Waals surface area contributed by atoms with Crippen molar-refractivity contribution in [3.63, 3.8) is 0 Å². The fourth-order valence-corrected chi connectivity index (χ4v) is 3.05. The van der Waals surface area contributed by atoms with Crippen molar-refractivity contribution < 1.29 is 19.1 Å². The molecule has 0 aliphatic heterocycles. The van der Waals surface area contributed by atoms with Gasteiger partial charge in [0.25, 0.3) is 0 Å². The third-order valence-electron chi connectivity index (χ3n) is 4.56. The SMILES string of the molecule is CCCCCCCCCOC(=O)CCCC(=O)OCCCCCCCCCl. The second kappa shape index (κ2) is 21.5. The highest BCUT2D eigenvalue weighted by Gasteiger charge is 2.07. The smallest absolute Gasteiger partial charge is 0.305 e. The Hall–Kier alpha value is -0.770. The van der Waals surface area contributed by atoms with Gasteiger partial charge in [0.2, 0.25) is 0 Å². The third-order valence-corrected chi connectivity index (χ3v) is 4.83. The van der Waals surface area contributed by atoms with Crippen LogP contribution in [-0.2, 0) is 19.1 Å². The average Bonchev–Trinajstić information content (AvgIpc) is 2.66. The van der Waals surface area contributed by atoms with Gasteiger partial charge >= 0.3 is 11.9 Å². The molecule has 0 atom stereocenters. The third kappa shape index (κ3) is 21.4. The van der Waals surface area contributed by atoms with Gasteiger partial charge in [-0.2, -0.15) is 0 Å². The highest BCUT2D eigenvalue weighted by atomic mass is 35.5. The minimum atomic E-state index is -0.211. The van der Waals surface area contributed by atoms with Crippen molar-refractivity contribution in [2.24, 2.45) is 0 Å². The van der Waals surface area contributed by atoms with Gasteiger partial charge in [0.05, 0.1) is 13.2 Å². The number of halogens is 1. The fraction of sp³-hybridized carbons (Fsp3) is 0.909. The summed E-state index contributed by atoms with van der Waals surface area (Å²) in [7, 11) is 0. The second-order valence-corrected chi connectivity index (χ2v) is 7.60. The summed E-state index contributed by atoms with van der Waals surface area (Å²) < 4.78 is 10.4. The molecule has 0 aliphatic carbocycles. The molecule has 0 aromatic carbocycles. The lowest BCUT2D eigenvalue weighted by molar-refractivity contribution is -0.145. The normalized spacial score (nSPS) is 10.7. The fourth-order valence-electron chi connectivity index (χ4n) is 2.86. The van der Waals surface area contributed by atoms with E-state index in [0.717, 1.165) is 38.0 Å². The average molecular weight is 405 g/mol. The minimum Gasteiger partial charge on any atom is -0.466 e. The largest absolute Gasteiger partial charge is 0.466 e. The number of alkyl halides is 1. The number of hydrogen-bond donors (Lipinski definition) is 0. The molecule has 0 aliphatic rings. The first kappa shape index (κ1) is 26.2. The van der Waals surface area contributed by atoms with Crippen LogP contribution >= 0.6 is 11.6 Å². The summed E-state index contributed by atoms with van der Waals surface area (Å²) in [4.78, 5) is 23.2. The van der Waals surface area contributed by atoms with Crippen LogP contribution in [0, 0.1) is 0 Å². The molecule has 0 heterocycles.